The van der Waals surface area contributed by atoms with Crippen LogP contribution in [0.3, 0.4) is 0 Å². The molecule has 0 N–H and O–H groups in total. The van der Waals surface area contributed by atoms with Gasteiger partial charge in [0, 0.05) is 33.2 Å². The molecule has 0 radical (unpaired) electrons. The molecule has 0 aromatic heterocycles. The third-order valence-electron chi connectivity index (χ3n) is 17.3. The minimum atomic E-state index is -8.96. The Hall–Kier alpha value is -3.50. The Bertz CT molecular complexity index is 2910. The Labute approximate surface area is 771 Å². The van der Waals surface area contributed by atoms with Gasteiger partial charge >= 0.3 is 95.3 Å². The summed E-state index contributed by atoms with van der Waals surface area (Å²) >= 11 is 0. The Kier molecular flexibility index (Phi) is 69.3. The Morgan fingerprint density at radius 3 is 0.413 bits per heavy atom. The van der Waals surface area contributed by atoms with Crippen molar-refractivity contribution in [3.05, 3.63) is 0 Å². The van der Waals surface area contributed by atoms with E-state index in [9.17, 15) is 149 Å². The van der Waals surface area contributed by atoms with Gasteiger partial charge in [0.15, 0.2) is 0 Å². The van der Waals surface area contributed by atoms with Crippen molar-refractivity contribution in [2.24, 2.45) is 0 Å². The topological polar surface area (TPSA) is 258 Å². The first kappa shape index (κ1) is 134. The van der Waals surface area contributed by atoms with Crippen molar-refractivity contribution < 1.29 is 282 Å². The average molecular weight is 2130 g/mol. The molecule has 1 unspecified atom stereocenters. The summed E-state index contributed by atoms with van der Waals surface area (Å²) in [6.07, 6.45) is -28.2. The average Bonchev–Trinajstić information content (AvgIpc) is 0.699. The Balaban J connectivity index is 4.22. The summed E-state index contributed by atoms with van der Waals surface area (Å²) in [4.78, 5) is 0. The van der Waals surface area contributed by atoms with Crippen molar-refractivity contribution in [1.82, 2.24) is 0 Å². The third kappa shape index (κ3) is 48.4. The number of ether oxygens (including phenoxy) is 28. The molecule has 0 saturated heterocycles. The van der Waals surface area contributed by atoms with Crippen molar-refractivity contribution >= 4 is 0 Å². The van der Waals surface area contributed by atoms with Crippen LogP contribution in [0.25, 0.3) is 0 Å². The van der Waals surface area contributed by atoms with Crippen LogP contribution >= 0.6 is 0 Å². The highest BCUT2D eigenvalue weighted by atomic mass is 19.4. The van der Waals surface area contributed by atoms with E-state index in [2.05, 4.69) is 4.74 Å². The molecule has 0 fully saturated rings. The number of methoxy groups -OCH3 is 1. The second-order valence-corrected chi connectivity index (χ2v) is 27.8. The monoisotopic (exact) mass is 2130 g/mol. The molecule has 0 aliphatic carbocycles. The van der Waals surface area contributed by atoms with E-state index in [0.29, 0.717) is 238 Å². The highest BCUT2D eigenvalue weighted by Crippen LogP contribution is 2.66. The fourth-order valence-corrected chi connectivity index (χ4v) is 9.64. The summed E-state index contributed by atoms with van der Waals surface area (Å²) < 4.78 is 615. The zero-order chi connectivity index (χ0) is 104. The number of hydrogen-bond donors (Lipinski definition) is 0. The third-order valence-corrected chi connectivity index (χ3v) is 17.3. The number of hydrogen-bond acceptors (Lipinski definition) is 28. The highest BCUT2D eigenvalue weighted by molar-refractivity contribution is 5.17. The first-order valence-electron chi connectivity index (χ1n) is 42.2. The van der Waals surface area contributed by atoms with Crippen LogP contribution in [0.1, 0.15) is 25.7 Å². The largest absolute Gasteiger partial charge is 0.460 e. The van der Waals surface area contributed by atoms with Crippen LogP contribution in [0.5, 0.6) is 0 Å². The highest BCUT2D eigenvalue weighted by Gasteiger charge is 2.97. The first-order chi connectivity index (χ1) is 64.6. The lowest BCUT2D eigenvalue weighted by atomic mass is 9.88. The lowest BCUT2D eigenvalue weighted by molar-refractivity contribution is -0.461. The molecule has 0 aromatic rings. The molecule has 0 aliphatic heterocycles. The molecular weight excluding hydrogens is 2010 g/mol. The van der Waals surface area contributed by atoms with Crippen molar-refractivity contribution in [3.63, 3.8) is 0 Å². The molecule has 0 amide bonds. The van der Waals surface area contributed by atoms with Gasteiger partial charge in [0.25, 0.3) is 0 Å². The lowest BCUT2D eigenvalue weighted by Crippen LogP contribution is -2.74. The molecule has 0 saturated carbocycles. The van der Waals surface area contributed by atoms with E-state index < -0.39 is 167 Å². The smallest absolute Gasteiger partial charge is 0.382 e. The minimum absolute atomic E-state index is 0.000540. The van der Waals surface area contributed by atoms with Crippen molar-refractivity contribution in [1.29, 1.82) is 0 Å². The normalized spacial score (nSPS) is 14.2. The SMILES string of the molecule is COCCOCCOCCOCCOCCOCCOCCOCCOCCOCCOCCOCCOCCOCCOCCOCCOCCOCCOCCOCCOCCOCCOCCOCCOCCOCC(COCCCC(F)(F)C(F)(F)C(F)(F)C(F)(F)C(F)(F)C(F)(F)C(F)(F)C(F)(F)F)OCCCC(F)(F)C(F)(F)C(F)(F)C(F)(F)C(F)(F)C(F)(F)C(F)(F)C(F)(F)F. The van der Waals surface area contributed by atoms with Gasteiger partial charge in [-0.3, -0.25) is 0 Å². The zero-order valence-electron chi connectivity index (χ0n) is 74.9. The number of rotatable bonds is 100. The molecule has 0 aliphatic rings. The van der Waals surface area contributed by atoms with Crippen LogP contribution in [0.15, 0.2) is 0 Å². The fraction of sp³-hybridized carbons (Fsp3) is 1.00. The van der Waals surface area contributed by atoms with E-state index in [-0.39, 0.29) is 79.3 Å². The van der Waals surface area contributed by atoms with Crippen LogP contribution in [0.2, 0.25) is 0 Å². The van der Waals surface area contributed by atoms with E-state index in [0.717, 1.165) is 0 Å². The molecule has 62 heteroatoms. The van der Waals surface area contributed by atoms with E-state index in [1.807, 2.05) is 0 Å². The van der Waals surface area contributed by atoms with Gasteiger partial charge in [0.2, 0.25) is 0 Å². The predicted molar refractivity (Wildman–Crippen MR) is 403 cm³/mol. The molecule has 0 rings (SSSR count). The predicted octanol–water partition coefficient (Wildman–Crippen LogP) is 13.0. The minimum Gasteiger partial charge on any atom is -0.382 e. The van der Waals surface area contributed by atoms with E-state index in [1.54, 1.807) is 7.11 Å². The maximum Gasteiger partial charge on any atom is 0.460 e. The molecule has 0 spiro atoms. The summed E-state index contributed by atoms with van der Waals surface area (Å²) in [6, 6.07) is 0. The standard InChI is InChI=1S/C76H120F34O28/c1-111-8-9-112-10-11-113-12-13-114-14-15-115-16-17-116-18-19-117-20-21-118-22-23-119-24-25-120-26-27-121-28-29-122-30-31-123-32-33-124-34-35-125-36-37-126-38-39-127-40-41-128-42-43-129-44-45-130-46-47-131-48-49-132-50-51-133-52-53-134-54-55-135-56-57-137-59-60(138-7-3-5-62(79,80)64(83,84)66(87,88)68(91,92)70(95,96)72(99,100)74(103,104)76(108,109)110)58-136-6-2-4-61(77,78)63(81,82)65(85,86)67(89,90)69(93,94)71(97,98)73(101,102)75(105,106)107/h60H,2-59H2,1H3. The van der Waals surface area contributed by atoms with Gasteiger partial charge in [-0.05, 0) is 12.8 Å². The van der Waals surface area contributed by atoms with Gasteiger partial charge in [-0.1, -0.05) is 0 Å². The lowest BCUT2D eigenvalue weighted by Gasteiger charge is -2.42. The summed E-state index contributed by atoms with van der Waals surface area (Å²) in [7, 11) is 1.62. The van der Waals surface area contributed by atoms with Crippen LogP contribution in [-0.2, 0) is 133 Å². The van der Waals surface area contributed by atoms with Crippen LogP contribution < -0.4 is 0 Å². The van der Waals surface area contributed by atoms with Crippen molar-refractivity contribution in [3.8, 4) is 0 Å². The van der Waals surface area contributed by atoms with Crippen LogP contribution in [0, 0.1) is 0 Å². The van der Waals surface area contributed by atoms with E-state index in [1.165, 1.54) is 0 Å². The molecule has 0 bridgehead atoms. The number of halogens is 34. The van der Waals surface area contributed by atoms with E-state index >= 15 is 0 Å². The van der Waals surface area contributed by atoms with Gasteiger partial charge in [0.1, 0.15) is 6.10 Å². The maximum absolute atomic E-state index is 14.5. The summed E-state index contributed by atoms with van der Waals surface area (Å²) in [6.45, 7) is 9.42. The van der Waals surface area contributed by atoms with Gasteiger partial charge in [0.05, 0.1) is 344 Å². The molecule has 1 atom stereocenters. The second-order valence-electron chi connectivity index (χ2n) is 27.8. The Morgan fingerprint density at radius 2 is 0.261 bits per heavy atom. The zero-order valence-corrected chi connectivity index (χ0v) is 74.9. The van der Waals surface area contributed by atoms with Crippen LogP contribution in [0.4, 0.5) is 149 Å². The fourth-order valence-electron chi connectivity index (χ4n) is 9.64. The Morgan fingerprint density at radius 1 is 0.138 bits per heavy atom. The van der Waals surface area contributed by atoms with Gasteiger partial charge in [-0.2, -0.15) is 149 Å². The molecule has 138 heavy (non-hydrogen) atoms. The summed E-state index contributed by atoms with van der Waals surface area (Å²) in [5.74, 6) is -118. The maximum atomic E-state index is 14.5. The van der Waals surface area contributed by atoms with Gasteiger partial charge in [-0.15, -0.1) is 0 Å². The van der Waals surface area contributed by atoms with Gasteiger partial charge < -0.3 is 133 Å². The molecule has 0 heterocycles. The molecule has 0 aromatic carbocycles. The second kappa shape index (κ2) is 71.1. The van der Waals surface area contributed by atoms with E-state index in [4.69, 9.17) is 128 Å². The molecule has 28 nitrogen and oxygen atoms in total. The molecule has 830 valence electrons. The van der Waals surface area contributed by atoms with Crippen molar-refractivity contribution in [2.75, 3.05) is 364 Å². The van der Waals surface area contributed by atoms with Crippen molar-refractivity contribution in [2.45, 2.75) is 127 Å². The van der Waals surface area contributed by atoms with Gasteiger partial charge in [-0.25, -0.2) is 0 Å². The summed E-state index contributed by atoms with van der Waals surface area (Å²) in [5.41, 5.74) is 0. The quantitative estimate of drug-likeness (QED) is 0.0405. The molecular formula is C76H120F34O28. The number of alkyl halides is 34. The first-order valence-corrected chi connectivity index (χ1v) is 42.2. The van der Waals surface area contributed by atoms with Crippen LogP contribution in [-0.4, -0.2) is 465 Å². The summed E-state index contributed by atoms with van der Waals surface area (Å²) in [5, 5.41) is 0.